The Morgan fingerprint density at radius 1 is 1.18 bits per heavy atom. The molecular weight excluding hydrogens is 468 g/mol. The SMILES string of the molecule is CC(Nc1c(F)ccc(Cl)c1F)c1cc(C(=O)N(C)C)cc2c(=O)cc(N3CCOCC3)oc12. The fourth-order valence-corrected chi connectivity index (χ4v) is 4.03. The van der Waals surface area contributed by atoms with Crippen LogP contribution >= 0.6 is 11.6 Å². The van der Waals surface area contributed by atoms with E-state index >= 15 is 0 Å². The number of carbonyl (C=O) groups excluding carboxylic acids is 1. The first-order chi connectivity index (χ1) is 16.2. The average molecular weight is 492 g/mol. The van der Waals surface area contributed by atoms with Crippen LogP contribution in [0.1, 0.15) is 28.9 Å². The van der Waals surface area contributed by atoms with Crippen LogP contribution in [0.15, 0.2) is 39.5 Å². The summed E-state index contributed by atoms with van der Waals surface area (Å²) in [5, 5.41) is 2.74. The highest BCUT2D eigenvalue weighted by molar-refractivity contribution is 6.31. The van der Waals surface area contributed by atoms with E-state index < -0.39 is 23.4 Å². The van der Waals surface area contributed by atoms with Gasteiger partial charge in [0.25, 0.3) is 5.91 Å². The average Bonchev–Trinajstić information content (AvgIpc) is 2.83. The van der Waals surface area contributed by atoms with Gasteiger partial charge in [-0.05, 0) is 31.2 Å². The number of carbonyl (C=O) groups is 1. The zero-order chi connectivity index (χ0) is 24.6. The summed E-state index contributed by atoms with van der Waals surface area (Å²) in [5.74, 6) is -1.73. The molecule has 3 aromatic rings. The molecule has 1 saturated heterocycles. The zero-order valence-electron chi connectivity index (χ0n) is 19.0. The van der Waals surface area contributed by atoms with Crippen molar-refractivity contribution in [3.8, 4) is 0 Å². The van der Waals surface area contributed by atoms with Gasteiger partial charge < -0.3 is 24.3 Å². The van der Waals surface area contributed by atoms with Crippen molar-refractivity contribution in [2.45, 2.75) is 13.0 Å². The van der Waals surface area contributed by atoms with E-state index in [4.69, 9.17) is 20.8 Å². The number of rotatable bonds is 5. The molecule has 1 aliphatic rings. The van der Waals surface area contributed by atoms with Gasteiger partial charge in [0.15, 0.2) is 17.1 Å². The zero-order valence-corrected chi connectivity index (χ0v) is 19.7. The maximum Gasteiger partial charge on any atom is 0.253 e. The summed E-state index contributed by atoms with van der Waals surface area (Å²) in [6.07, 6.45) is 0. The van der Waals surface area contributed by atoms with E-state index in [-0.39, 0.29) is 32.9 Å². The molecule has 180 valence electrons. The largest absolute Gasteiger partial charge is 0.440 e. The Labute approximate surface area is 199 Å². The summed E-state index contributed by atoms with van der Waals surface area (Å²) in [7, 11) is 3.18. The van der Waals surface area contributed by atoms with Gasteiger partial charge in [-0.25, -0.2) is 8.78 Å². The summed E-state index contributed by atoms with van der Waals surface area (Å²) in [6.45, 7) is 3.74. The first kappa shape index (κ1) is 24.0. The molecule has 1 aromatic heterocycles. The summed E-state index contributed by atoms with van der Waals surface area (Å²) in [4.78, 5) is 29.1. The van der Waals surface area contributed by atoms with Crippen LogP contribution in [-0.2, 0) is 4.74 Å². The van der Waals surface area contributed by atoms with Gasteiger partial charge in [-0.1, -0.05) is 11.6 Å². The third-order valence-corrected chi connectivity index (χ3v) is 5.98. The van der Waals surface area contributed by atoms with Crippen LogP contribution in [0.25, 0.3) is 11.0 Å². The molecule has 7 nitrogen and oxygen atoms in total. The second-order valence-corrected chi connectivity index (χ2v) is 8.68. The molecule has 1 N–H and O–H groups in total. The lowest BCUT2D eigenvalue weighted by Gasteiger charge is -2.27. The predicted molar refractivity (Wildman–Crippen MR) is 127 cm³/mol. The van der Waals surface area contributed by atoms with Gasteiger partial charge in [0.1, 0.15) is 17.1 Å². The fraction of sp³-hybridized carbons (Fsp3) is 0.333. The smallest absolute Gasteiger partial charge is 0.253 e. The van der Waals surface area contributed by atoms with E-state index in [1.54, 1.807) is 27.1 Å². The molecule has 1 atom stereocenters. The number of nitrogens with zero attached hydrogens (tertiary/aromatic N) is 2. The van der Waals surface area contributed by atoms with Gasteiger partial charge in [0.05, 0.1) is 29.7 Å². The van der Waals surface area contributed by atoms with E-state index in [1.165, 1.54) is 17.0 Å². The van der Waals surface area contributed by atoms with E-state index in [1.807, 2.05) is 4.90 Å². The highest BCUT2D eigenvalue weighted by Crippen LogP contribution is 2.33. The Balaban J connectivity index is 1.88. The number of nitrogens with one attached hydrogen (secondary N) is 1. The topological polar surface area (TPSA) is 75.0 Å². The Morgan fingerprint density at radius 2 is 1.88 bits per heavy atom. The number of benzene rings is 2. The van der Waals surface area contributed by atoms with Crippen LogP contribution < -0.4 is 15.6 Å². The Morgan fingerprint density at radius 3 is 2.56 bits per heavy atom. The van der Waals surface area contributed by atoms with E-state index in [0.29, 0.717) is 37.8 Å². The minimum Gasteiger partial charge on any atom is -0.440 e. The van der Waals surface area contributed by atoms with Crippen LogP contribution in [0.3, 0.4) is 0 Å². The van der Waals surface area contributed by atoms with Crippen molar-refractivity contribution in [2.24, 2.45) is 0 Å². The third-order valence-electron chi connectivity index (χ3n) is 5.69. The van der Waals surface area contributed by atoms with Crippen molar-refractivity contribution < 1.29 is 22.7 Å². The van der Waals surface area contributed by atoms with Crippen molar-refractivity contribution >= 4 is 40.0 Å². The molecule has 34 heavy (non-hydrogen) atoms. The molecule has 4 rings (SSSR count). The number of halogens is 3. The van der Waals surface area contributed by atoms with Crippen molar-refractivity contribution in [2.75, 3.05) is 50.6 Å². The van der Waals surface area contributed by atoms with Crippen LogP contribution in [0.2, 0.25) is 5.02 Å². The Hall–Kier alpha value is -3.17. The number of morpholine rings is 1. The number of anilines is 2. The highest BCUT2D eigenvalue weighted by atomic mass is 35.5. The van der Waals surface area contributed by atoms with Crippen LogP contribution in [0.5, 0.6) is 0 Å². The molecular formula is C24H24ClF2N3O4. The molecule has 0 spiro atoms. The molecule has 1 unspecified atom stereocenters. The quantitative estimate of drug-likeness (QED) is 0.532. The number of amides is 1. The van der Waals surface area contributed by atoms with Crippen molar-refractivity contribution in [1.29, 1.82) is 0 Å². The minimum absolute atomic E-state index is 0.195. The molecule has 1 amide bonds. The summed E-state index contributed by atoms with van der Waals surface area (Å²) in [5.41, 5.74) is 0.134. The number of hydrogen-bond acceptors (Lipinski definition) is 6. The van der Waals surface area contributed by atoms with E-state index in [0.717, 1.165) is 12.1 Å². The monoisotopic (exact) mass is 491 g/mol. The van der Waals surface area contributed by atoms with Gasteiger partial charge in [-0.2, -0.15) is 0 Å². The van der Waals surface area contributed by atoms with Gasteiger partial charge in [0.2, 0.25) is 0 Å². The first-order valence-electron chi connectivity index (χ1n) is 10.7. The molecule has 2 aromatic carbocycles. The Bertz CT molecular complexity index is 1310. The van der Waals surface area contributed by atoms with Crippen LogP contribution in [-0.4, -0.2) is 51.2 Å². The molecule has 10 heteroatoms. The van der Waals surface area contributed by atoms with Crippen LogP contribution in [0, 0.1) is 11.6 Å². The molecule has 0 aliphatic carbocycles. The Kier molecular flexibility index (Phi) is 6.77. The summed E-state index contributed by atoms with van der Waals surface area (Å²) >= 11 is 5.83. The third kappa shape index (κ3) is 4.58. The second kappa shape index (κ2) is 9.60. The lowest BCUT2D eigenvalue weighted by molar-refractivity contribution is 0.0827. The first-order valence-corrected chi connectivity index (χ1v) is 11.1. The minimum atomic E-state index is -0.936. The van der Waals surface area contributed by atoms with Crippen molar-refractivity contribution in [3.05, 3.63) is 68.3 Å². The van der Waals surface area contributed by atoms with Gasteiger partial charge in [-0.15, -0.1) is 0 Å². The standard InChI is InChI=1S/C24H24ClF2N3O4/c1-13(28-22-18(26)5-4-17(25)21(22)27)15-10-14(24(32)29(2)3)11-16-19(31)12-20(34-23(15)16)30-6-8-33-9-7-30/h4-5,10-13,28H,6-9H2,1-3H3. The molecule has 1 fully saturated rings. The van der Waals surface area contributed by atoms with Gasteiger partial charge in [-0.3, -0.25) is 9.59 Å². The highest BCUT2D eigenvalue weighted by Gasteiger charge is 2.23. The number of fused-ring (bicyclic) bond motifs is 1. The van der Waals surface area contributed by atoms with E-state index in [2.05, 4.69) is 5.32 Å². The number of hydrogen-bond donors (Lipinski definition) is 1. The normalized spacial score (nSPS) is 14.8. The van der Waals surface area contributed by atoms with E-state index in [9.17, 15) is 18.4 Å². The molecule has 1 aliphatic heterocycles. The predicted octanol–water partition coefficient (Wildman–Crippen LogP) is 4.44. The molecule has 0 radical (unpaired) electrons. The lowest BCUT2D eigenvalue weighted by atomic mass is 9.99. The second-order valence-electron chi connectivity index (χ2n) is 8.27. The van der Waals surface area contributed by atoms with Gasteiger partial charge in [0, 0.05) is 44.4 Å². The van der Waals surface area contributed by atoms with Crippen molar-refractivity contribution in [3.63, 3.8) is 0 Å². The molecule has 2 heterocycles. The molecule has 0 saturated carbocycles. The maximum atomic E-state index is 14.5. The summed E-state index contributed by atoms with van der Waals surface area (Å²) < 4.78 is 40.5. The van der Waals surface area contributed by atoms with Gasteiger partial charge >= 0.3 is 0 Å². The maximum absolute atomic E-state index is 14.5. The molecule has 0 bridgehead atoms. The fourth-order valence-electron chi connectivity index (χ4n) is 3.87. The lowest BCUT2D eigenvalue weighted by Crippen LogP contribution is -2.36. The van der Waals surface area contributed by atoms with Crippen molar-refractivity contribution in [1.82, 2.24) is 4.90 Å². The summed E-state index contributed by atoms with van der Waals surface area (Å²) in [6, 6.07) is 5.86. The number of ether oxygens (including phenoxy) is 1. The van der Waals surface area contributed by atoms with Crippen LogP contribution in [0.4, 0.5) is 20.4 Å².